The van der Waals surface area contributed by atoms with Gasteiger partial charge in [-0.15, -0.1) is 10.2 Å². The highest BCUT2D eigenvalue weighted by Gasteiger charge is 2.22. The summed E-state index contributed by atoms with van der Waals surface area (Å²) >= 11 is 1.30. The highest BCUT2D eigenvalue weighted by Crippen LogP contribution is 2.27. The number of rotatable bonds is 9. The Kier molecular flexibility index (Phi) is 7.94. The Morgan fingerprint density at radius 1 is 1.00 bits per heavy atom. The predicted octanol–water partition coefficient (Wildman–Crippen LogP) is 4.04. The van der Waals surface area contributed by atoms with Crippen molar-refractivity contribution in [1.82, 2.24) is 14.8 Å². The van der Waals surface area contributed by atoms with Gasteiger partial charge in [0, 0.05) is 25.3 Å². The highest BCUT2D eigenvalue weighted by molar-refractivity contribution is 8.00. The SMILES string of the molecule is COc1ccc(OC(C)c2nnc(SC(C)C(=O)Nc3cccc(NC(C)=O)c3)n2C)cc1. The summed E-state index contributed by atoms with van der Waals surface area (Å²) in [5.41, 5.74) is 1.21. The molecule has 0 saturated heterocycles. The van der Waals surface area contributed by atoms with Crippen LogP contribution in [-0.4, -0.2) is 38.9 Å². The van der Waals surface area contributed by atoms with Crippen molar-refractivity contribution in [3.63, 3.8) is 0 Å². The van der Waals surface area contributed by atoms with E-state index in [2.05, 4.69) is 20.8 Å². The smallest absolute Gasteiger partial charge is 0.237 e. The molecular formula is C23H27N5O4S. The Labute approximate surface area is 196 Å². The fourth-order valence-electron chi connectivity index (χ4n) is 3.03. The van der Waals surface area contributed by atoms with Crippen LogP contribution in [0.25, 0.3) is 0 Å². The van der Waals surface area contributed by atoms with E-state index in [1.807, 2.05) is 42.8 Å². The molecule has 2 unspecified atom stereocenters. The lowest BCUT2D eigenvalue weighted by molar-refractivity contribution is -0.115. The first-order chi connectivity index (χ1) is 15.8. The van der Waals surface area contributed by atoms with Gasteiger partial charge in [-0.3, -0.25) is 9.59 Å². The molecule has 3 rings (SSSR count). The zero-order valence-corrected chi connectivity index (χ0v) is 20.0. The summed E-state index contributed by atoms with van der Waals surface area (Å²) in [6, 6.07) is 14.3. The molecule has 0 aliphatic carbocycles. The van der Waals surface area contributed by atoms with E-state index < -0.39 is 5.25 Å². The number of amides is 2. The summed E-state index contributed by atoms with van der Waals surface area (Å²) < 4.78 is 12.9. The van der Waals surface area contributed by atoms with Gasteiger partial charge in [-0.05, 0) is 56.3 Å². The van der Waals surface area contributed by atoms with E-state index in [0.29, 0.717) is 28.1 Å². The number of nitrogens with one attached hydrogen (secondary N) is 2. The van der Waals surface area contributed by atoms with Crippen molar-refractivity contribution >= 4 is 35.0 Å². The third-order valence-corrected chi connectivity index (χ3v) is 5.84. The maximum atomic E-state index is 12.7. The number of anilines is 2. The summed E-state index contributed by atoms with van der Waals surface area (Å²) in [7, 11) is 3.45. The van der Waals surface area contributed by atoms with E-state index in [9.17, 15) is 9.59 Å². The molecule has 2 amide bonds. The molecule has 1 heterocycles. The van der Waals surface area contributed by atoms with Gasteiger partial charge in [-0.2, -0.15) is 0 Å². The standard InChI is InChI=1S/C23H27N5O4S/c1-14(32-20-11-9-19(31-5)10-12-20)21-26-27-23(28(21)4)33-15(2)22(30)25-18-8-6-7-17(13-18)24-16(3)29/h6-15H,1-5H3,(H,24,29)(H,25,30). The first-order valence-corrected chi connectivity index (χ1v) is 11.2. The van der Waals surface area contributed by atoms with E-state index in [4.69, 9.17) is 9.47 Å². The first kappa shape index (κ1) is 24.1. The van der Waals surface area contributed by atoms with E-state index in [0.717, 1.165) is 5.75 Å². The average Bonchev–Trinajstić information content (AvgIpc) is 3.14. The quantitative estimate of drug-likeness (QED) is 0.455. The van der Waals surface area contributed by atoms with Gasteiger partial charge in [0.2, 0.25) is 11.8 Å². The van der Waals surface area contributed by atoms with Gasteiger partial charge in [0.05, 0.1) is 12.4 Å². The van der Waals surface area contributed by atoms with Gasteiger partial charge < -0.3 is 24.7 Å². The number of hydrogen-bond donors (Lipinski definition) is 2. The molecule has 0 radical (unpaired) electrons. The normalized spacial score (nSPS) is 12.5. The Balaban J connectivity index is 1.61. The van der Waals surface area contributed by atoms with Crippen LogP contribution in [0.4, 0.5) is 11.4 Å². The lowest BCUT2D eigenvalue weighted by atomic mass is 10.2. The van der Waals surface area contributed by atoms with Crippen molar-refractivity contribution in [2.24, 2.45) is 7.05 Å². The molecule has 1 aromatic heterocycles. The van der Waals surface area contributed by atoms with Crippen LogP contribution in [0.2, 0.25) is 0 Å². The molecule has 9 nitrogen and oxygen atoms in total. The average molecular weight is 470 g/mol. The fraction of sp³-hybridized carbons (Fsp3) is 0.304. The monoisotopic (exact) mass is 469 g/mol. The molecule has 174 valence electrons. The van der Waals surface area contributed by atoms with Crippen molar-refractivity contribution in [2.45, 2.75) is 37.3 Å². The van der Waals surface area contributed by atoms with E-state index in [1.165, 1.54) is 18.7 Å². The molecule has 10 heteroatoms. The number of nitrogens with zero attached hydrogens (tertiary/aromatic N) is 3. The number of ether oxygens (including phenoxy) is 2. The molecule has 2 aromatic carbocycles. The minimum atomic E-state index is -0.428. The van der Waals surface area contributed by atoms with Crippen molar-refractivity contribution < 1.29 is 19.1 Å². The number of aromatic nitrogens is 3. The molecule has 0 saturated carbocycles. The Morgan fingerprint density at radius 2 is 1.64 bits per heavy atom. The maximum absolute atomic E-state index is 12.7. The molecule has 0 aliphatic heterocycles. The van der Waals surface area contributed by atoms with Crippen LogP contribution in [0.3, 0.4) is 0 Å². The molecule has 33 heavy (non-hydrogen) atoms. The molecule has 0 aliphatic rings. The molecule has 3 aromatic rings. The van der Waals surface area contributed by atoms with E-state index in [-0.39, 0.29) is 17.9 Å². The number of benzene rings is 2. The van der Waals surface area contributed by atoms with Crippen LogP contribution in [0.5, 0.6) is 11.5 Å². The van der Waals surface area contributed by atoms with E-state index in [1.54, 1.807) is 38.3 Å². The van der Waals surface area contributed by atoms with Gasteiger partial charge >= 0.3 is 0 Å². The maximum Gasteiger partial charge on any atom is 0.237 e. The molecular weight excluding hydrogens is 442 g/mol. The summed E-state index contributed by atoms with van der Waals surface area (Å²) in [4.78, 5) is 23.9. The summed E-state index contributed by atoms with van der Waals surface area (Å²) in [6.07, 6.45) is -0.342. The molecule has 0 fully saturated rings. The lowest BCUT2D eigenvalue weighted by Gasteiger charge is -2.15. The van der Waals surface area contributed by atoms with Crippen LogP contribution in [0.1, 0.15) is 32.7 Å². The minimum Gasteiger partial charge on any atom is -0.497 e. The van der Waals surface area contributed by atoms with Gasteiger partial charge in [-0.1, -0.05) is 17.8 Å². The second-order valence-corrected chi connectivity index (χ2v) is 8.65. The van der Waals surface area contributed by atoms with Gasteiger partial charge in [0.15, 0.2) is 17.1 Å². The number of methoxy groups -OCH3 is 1. The Morgan fingerprint density at radius 3 is 2.27 bits per heavy atom. The molecule has 2 atom stereocenters. The predicted molar refractivity (Wildman–Crippen MR) is 128 cm³/mol. The van der Waals surface area contributed by atoms with Gasteiger partial charge in [0.1, 0.15) is 11.5 Å². The van der Waals surface area contributed by atoms with Crippen molar-refractivity contribution in [3.05, 3.63) is 54.4 Å². The van der Waals surface area contributed by atoms with E-state index >= 15 is 0 Å². The second kappa shape index (κ2) is 10.9. The topological polar surface area (TPSA) is 107 Å². The number of thioether (sulfide) groups is 1. The third kappa shape index (κ3) is 6.48. The number of carbonyl (C=O) groups is 2. The van der Waals surface area contributed by atoms with Crippen LogP contribution >= 0.6 is 11.8 Å². The zero-order valence-electron chi connectivity index (χ0n) is 19.2. The second-order valence-electron chi connectivity index (χ2n) is 7.35. The zero-order chi connectivity index (χ0) is 24.0. The van der Waals surface area contributed by atoms with Crippen LogP contribution < -0.4 is 20.1 Å². The van der Waals surface area contributed by atoms with Gasteiger partial charge in [0.25, 0.3) is 0 Å². The fourth-order valence-corrected chi connectivity index (χ4v) is 3.85. The van der Waals surface area contributed by atoms with Crippen molar-refractivity contribution in [3.8, 4) is 11.5 Å². The van der Waals surface area contributed by atoms with Crippen LogP contribution in [0, 0.1) is 0 Å². The Hall–Kier alpha value is -3.53. The minimum absolute atomic E-state index is 0.175. The molecule has 2 N–H and O–H groups in total. The molecule has 0 spiro atoms. The summed E-state index contributed by atoms with van der Waals surface area (Å²) in [5, 5.41) is 14.2. The molecule has 0 bridgehead atoms. The summed E-state index contributed by atoms with van der Waals surface area (Å²) in [5.74, 6) is 1.72. The van der Waals surface area contributed by atoms with Crippen molar-refractivity contribution in [1.29, 1.82) is 0 Å². The van der Waals surface area contributed by atoms with Crippen molar-refractivity contribution in [2.75, 3.05) is 17.7 Å². The highest BCUT2D eigenvalue weighted by atomic mass is 32.2. The third-order valence-electron chi connectivity index (χ3n) is 4.71. The summed E-state index contributed by atoms with van der Waals surface area (Å²) in [6.45, 7) is 5.12. The van der Waals surface area contributed by atoms with Crippen LogP contribution in [0.15, 0.2) is 53.7 Å². The van der Waals surface area contributed by atoms with Gasteiger partial charge in [-0.25, -0.2) is 0 Å². The number of carbonyl (C=O) groups excluding carboxylic acids is 2. The lowest BCUT2D eigenvalue weighted by Crippen LogP contribution is -2.23. The Bertz CT molecular complexity index is 1120. The first-order valence-electron chi connectivity index (χ1n) is 10.3. The number of hydrogen-bond acceptors (Lipinski definition) is 7. The van der Waals surface area contributed by atoms with Crippen LogP contribution in [-0.2, 0) is 16.6 Å². The largest absolute Gasteiger partial charge is 0.497 e.